The van der Waals surface area contributed by atoms with Gasteiger partial charge in [-0.3, -0.25) is 0 Å². The standard InChI is InChI=1S/C25H29BrN2/c1-6-11-28-24-12-17(2)20(14-23(24)18(3)15-25(28,4)5)13-21(16-27)19-7-9-22(26)10-8-19/h7-10,12-14,18H,6,11,15H2,1-5H3/b21-13+. The van der Waals surface area contributed by atoms with Gasteiger partial charge in [0.05, 0.1) is 11.6 Å². The molecule has 2 aromatic rings. The van der Waals surface area contributed by atoms with Crippen LogP contribution in [0.3, 0.4) is 0 Å². The van der Waals surface area contributed by atoms with Crippen molar-refractivity contribution in [3.05, 3.63) is 63.1 Å². The number of rotatable bonds is 4. The Morgan fingerprint density at radius 2 is 1.96 bits per heavy atom. The predicted molar refractivity (Wildman–Crippen MR) is 124 cm³/mol. The minimum Gasteiger partial charge on any atom is -0.366 e. The van der Waals surface area contributed by atoms with E-state index in [1.54, 1.807) is 0 Å². The van der Waals surface area contributed by atoms with Gasteiger partial charge in [-0.25, -0.2) is 0 Å². The van der Waals surface area contributed by atoms with Crippen LogP contribution < -0.4 is 4.90 Å². The summed E-state index contributed by atoms with van der Waals surface area (Å²) < 4.78 is 1.02. The summed E-state index contributed by atoms with van der Waals surface area (Å²) in [4.78, 5) is 2.57. The Morgan fingerprint density at radius 1 is 1.29 bits per heavy atom. The normalized spacial score (nSPS) is 18.5. The fourth-order valence-electron chi connectivity index (χ4n) is 4.42. The molecule has 0 N–H and O–H groups in total. The topological polar surface area (TPSA) is 27.0 Å². The summed E-state index contributed by atoms with van der Waals surface area (Å²) in [5, 5.41) is 9.73. The lowest BCUT2D eigenvalue weighted by molar-refractivity contribution is 0.376. The van der Waals surface area contributed by atoms with E-state index < -0.39 is 0 Å². The molecule has 0 spiro atoms. The van der Waals surface area contributed by atoms with Crippen LogP contribution in [0.5, 0.6) is 0 Å². The van der Waals surface area contributed by atoms with E-state index in [0.717, 1.165) is 35.0 Å². The van der Waals surface area contributed by atoms with Gasteiger partial charge in [-0.05, 0) is 92.1 Å². The van der Waals surface area contributed by atoms with E-state index >= 15 is 0 Å². The van der Waals surface area contributed by atoms with Crippen molar-refractivity contribution in [1.82, 2.24) is 0 Å². The van der Waals surface area contributed by atoms with Crippen molar-refractivity contribution in [2.24, 2.45) is 0 Å². The molecular formula is C25H29BrN2. The maximum Gasteiger partial charge on any atom is 0.0998 e. The van der Waals surface area contributed by atoms with Crippen LogP contribution in [-0.4, -0.2) is 12.1 Å². The van der Waals surface area contributed by atoms with Crippen molar-refractivity contribution in [2.45, 2.75) is 58.9 Å². The molecule has 1 unspecified atom stereocenters. The summed E-state index contributed by atoms with van der Waals surface area (Å²) in [6.45, 7) is 12.5. The maximum absolute atomic E-state index is 9.73. The minimum atomic E-state index is 0.168. The highest BCUT2D eigenvalue weighted by Crippen LogP contribution is 2.44. The number of fused-ring (bicyclic) bond motifs is 1. The van der Waals surface area contributed by atoms with Crippen LogP contribution in [0.15, 0.2) is 40.9 Å². The molecule has 0 aliphatic carbocycles. The molecule has 2 aromatic carbocycles. The van der Waals surface area contributed by atoms with Gasteiger partial charge in [-0.15, -0.1) is 0 Å². The number of aryl methyl sites for hydroxylation is 1. The van der Waals surface area contributed by atoms with Gasteiger partial charge in [-0.2, -0.15) is 5.26 Å². The largest absolute Gasteiger partial charge is 0.366 e. The highest BCUT2D eigenvalue weighted by molar-refractivity contribution is 9.10. The molecule has 2 nitrogen and oxygen atoms in total. The average Bonchev–Trinajstić information content (AvgIpc) is 2.64. The van der Waals surface area contributed by atoms with Crippen LogP contribution in [0.2, 0.25) is 0 Å². The van der Waals surface area contributed by atoms with E-state index in [-0.39, 0.29) is 5.54 Å². The summed E-state index contributed by atoms with van der Waals surface area (Å²) in [7, 11) is 0. The Labute approximate surface area is 178 Å². The zero-order chi connectivity index (χ0) is 20.5. The van der Waals surface area contributed by atoms with Crippen molar-refractivity contribution in [2.75, 3.05) is 11.4 Å². The lowest BCUT2D eigenvalue weighted by Gasteiger charge is -2.48. The van der Waals surface area contributed by atoms with E-state index in [9.17, 15) is 5.26 Å². The molecule has 0 radical (unpaired) electrons. The Kier molecular flexibility index (Phi) is 6.01. The lowest BCUT2D eigenvalue weighted by atomic mass is 9.78. The van der Waals surface area contributed by atoms with E-state index in [0.29, 0.717) is 11.5 Å². The highest BCUT2D eigenvalue weighted by Gasteiger charge is 2.36. The van der Waals surface area contributed by atoms with Gasteiger partial charge in [0, 0.05) is 22.2 Å². The summed E-state index contributed by atoms with van der Waals surface area (Å²) in [6, 6.07) is 14.9. The van der Waals surface area contributed by atoms with Crippen molar-refractivity contribution in [1.29, 1.82) is 5.26 Å². The van der Waals surface area contributed by atoms with Crippen LogP contribution >= 0.6 is 15.9 Å². The average molecular weight is 437 g/mol. The summed E-state index contributed by atoms with van der Waals surface area (Å²) >= 11 is 3.46. The Bertz CT molecular complexity index is 932. The number of anilines is 1. The summed E-state index contributed by atoms with van der Waals surface area (Å²) in [5.74, 6) is 0.504. The Balaban J connectivity index is 2.09. The van der Waals surface area contributed by atoms with Gasteiger partial charge in [-0.1, -0.05) is 41.9 Å². The third-order valence-corrected chi connectivity index (χ3v) is 6.32. The Morgan fingerprint density at radius 3 is 2.57 bits per heavy atom. The maximum atomic E-state index is 9.73. The first-order valence-corrected chi connectivity index (χ1v) is 10.9. The van der Waals surface area contributed by atoms with Crippen LogP contribution in [0.4, 0.5) is 5.69 Å². The van der Waals surface area contributed by atoms with E-state index in [4.69, 9.17) is 0 Å². The van der Waals surface area contributed by atoms with Crippen molar-refractivity contribution in [3.63, 3.8) is 0 Å². The SMILES string of the molecule is CCCN1c2cc(C)c(/C=C(\C#N)c3ccc(Br)cc3)cc2C(C)CC1(C)C. The number of hydrogen-bond donors (Lipinski definition) is 0. The monoisotopic (exact) mass is 436 g/mol. The molecular weight excluding hydrogens is 408 g/mol. The molecule has 3 rings (SSSR count). The third-order valence-electron chi connectivity index (χ3n) is 5.80. The number of hydrogen-bond acceptors (Lipinski definition) is 2. The molecule has 0 bridgehead atoms. The highest BCUT2D eigenvalue weighted by atomic mass is 79.9. The molecule has 1 heterocycles. The first-order chi connectivity index (χ1) is 13.3. The molecule has 0 fully saturated rings. The summed E-state index contributed by atoms with van der Waals surface area (Å²) in [5.41, 5.74) is 6.94. The zero-order valence-electron chi connectivity index (χ0n) is 17.5. The van der Waals surface area contributed by atoms with E-state index in [1.807, 2.05) is 30.3 Å². The first-order valence-electron chi connectivity index (χ1n) is 10.1. The number of benzene rings is 2. The number of allylic oxidation sites excluding steroid dienone is 1. The fourth-order valence-corrected chi connectivity index (χ4v) is 4.68. The molecule has 0 saturated carbocycles. The van der Waals surface area contributed by atoms with Crippen LogP contribution in [-0.2, 0) is 0 Å². The van der Waals surface area contributed by atoms with Gasteiger partial charge in [0.15, 0.2) is 0 Å². The van der Waals surface area contributed by atoms with Gasteiger partial charge in [0.1, 0.15) is 0 Å². The number of halogens is 1. The second kappa shape index (κ2) is 8.13. The number of nitrogens with zero attached hydrogens (tertiary/aromatic N) is 2. The van der Waals surface area contributed by atoms with Crippen molar-refractivity contribution < 1.29 is 0 Å². The quantitative estimate of drug-likeness (QED) is 0.370. The first kappa shape index (κ1) is 20.7. The summed E-state index contributed by atoms with van der Waals surface area (Å²) in [6.07, 6.45) is 4.32. The van der Waals surface area contributed by atoms with Gasteiger partial charge in [0.2, 0.25) is 0 Å². The molecule has 146 valence electrons. The van der Waals surface area contributed by atoms with Gasteiger partial charge >= 0.3 is 0 Å². The number of nitriles is 1. The Hall–Kier alpha value is -2.05. The molecule has 28 heavy (non-hydrogen) atoms. The predicted octanol–water partition coefficient (Wildman–Crippen LogP) is 7.32. The van der Waals surface area contributed by atoms with Crippen LogP contribution in [0.25, 0.3) is 11.6 Å². The van der Waals surface area contributed by atoms with E-state index in [2.05, 4.69) is 73.7 Å². The van der Waals surface area contributed by atoms with Crippen molar-refractivity contribution >= 4 is 33.3 Å². The zero-order valence-corrected chi connectivity index (χ0v) is 19.1. The van der Waals surface area contributed by atoms with E-state index in [1.165, 1.54) is 16.8 Å². The minimum absolute atomic E-state index is 0.168. The second-order valence-electron chi connectivity index (χ2n) is 8.51. The lowest BCUT2D eigenvalue weighted by Crippen LogP contribution is -2.48. The van der Waals surface area contributed by atoms with Gasteiger partial charge in [0.25, 0.3) is 0 Å². The molecule has 0 amide bonds. The molecule has 0 saturated heterocycles. The molecule has 0 aromatic heterocycles. The molecule has 1 atom stereocenters. The molecule has 3 heteroatoms. The van der Waals surface area contributed by atoms with Crippen LogP contribution in [0.1, 0.15) is 68.7 Å². The molecule has 1 aliphatic rings. The van der Waals surface area contributed by atoms with Crippen molar-refractivity contribution in [3.8, 4) is 6.07 Å². The molecule has 1 aliphatic heterocycles. The van der Waals surface area contributed by atoms with Gasteiger partial charge < -0.3 is 4.90 Å². The fraction of sp³-hybridized carbons (Fsp3) is 0.400. The third kappa shape index (κ3) is 4.03. The van der Waals surface area contributed by atoms with Crippen LogP contribution in [0, 0.1) is 18.3 Å². The smallest absolute Gasteiger partial charge is 0.0998 e. The second-order valence-corrected chi connectivity index (χ2v) is 9.43.